The molecule has 0 aromatic heterocycles. The molecule has 22 nitrogen and oxygen atoms in total. The molecule has 0 bridgehead atoms. The maximum atomic E-state index is 13.3. The molecule has 4 amide bonds. The van der Waals surface area contributed by atoms with Crippen LogP contribution in [-0.2, 0) is 75.6 Å². The summed E-state index contributed by atoms with van der Waals surface area (Å²) < 4.78 is 26.6. The van der Waals surface area contributed by atoms with Crippen molar-refractivity contribution in [2.45, 2.75) is 170 Å². The third kappa shape index (κ3) is 22.5. The van der Waals surface area contributed by atoms with E-state index in [2.05, 4.69) is 16.0 Å². The van der Waals surface area contributed by atoms with E-state index in [1.807, 2.05) is 4.90 Å². The summed E-state index contributed by atoms with van der Waals surface area (Å²) in [6, 6.07) is -0.875. The molecule has 12 atom stereocenters. The van der Waals surface area contributed by atoms with Crippen molar-refractivity contribution in [3.8, 4) is 0 Å². The Morgan fingerprint density at radius 2 is 1.41 bits per heavy atom. The van der Waals surface area contributed by atoms with Gasteiger partial charge < -0.3 is 90.5 Å². The quantitative estimate of drug-likeness (QED) is 0.0221. The number of amides is 4. The summed E-state index contributed by atoms with van der Waals surface area (Å²) in [6.45, 7) is 0.645. The number of unbranched alkanes of at least 4 members (excludes halogenated alkanes) is 5. The molecule has 2 aliphatic rings. The smallest absolute Gasteiger partial charge is 0.242 e. The van der Waals surface area contributed by atoms with Crippen LogP contribution in [0.5, 0.6) is 0 Å². The second-order valence-electron chi connectivity index (χ2n) is 16.1. The first-order valence-corrected chi connectivity index (χ1v) is 22.2. The van der Waals surface area contributed by atoms with Crippen molar-refractivity contribution in [1.82, 2.24) is 20.9 Å². The second-order valence-corrected chi connectivity index (χ2v) is 16.1. The molecule has 0 saturated carbocycles. The number of hydrogen-bond donors (Lipinski definition) is 12. The van der Waals surface area contributed by atoms with Crippen molar-refractivity contribution in [2.75, 3.05) is 66.9 Å². The van der Waals surface area contributed by atoms with Crippen molar-refractivity contribution in [1.29, 1.82) is 0 Å². The van der Waals surface area contributed by atoms with Gasteiger partial charge in [-0.15, -0.1) is 0 Å². The average molecular weight is 1000 g/mol. The Morgan fingerprint density at radius 3 is 2.08 bits per heavy atom. The molecule has 2 saturated heterocycles. The fourth-order valence-corrected chi connectivity index (χ4v) is 7.26. The third-order valence-corrected chi connectivity index (χ3v) is 11.1. The Hall–Kier alpha value is -1.58. The summed E-state index contributed by atoms with van der Waals surface area (Å²) in [5.74, 6) is -0.932. The van der Waals surface area contributed by atoms with E-state index in [0.29, 0.717) is 96.9 Å². The first kappa shape index (κ1) is 60.4. The largest absolute Gasteiger partial charge is 0.396 e. The SMILES string of the molecule is COC[C@@H]1C[C@@H](OC)CN1C(=O)CCCCCNC(=O)[C@H](CCCCNC(=O)CCCCOC(O)C(O)C(O)C(O)CCO)NC(=O)CCCCOC1OC(CO)C(O)C(O)C1O.[Y]. The molecule has 2 rings (SSSR count). The van der Waals surface area contributed by atoms with Gasteiger partial charge >= 0.3 is 0 Å². The van der Waals surface area contributed by atoms with Crippen LogP contribution in [0.25, 0.3) is 0 Å². The van der Waals surface area contributed by atoms with Crippen molar-refractivity contribution < 1.29 is 122 Å². The van der Waals surface area contributed by atoms with E-state index in [4.69, 9.17) is 28.8 Å². The summed E-state index contributed by atoms with van der Waals surface area (Å²) in [5, 5.41) is 96.1. The normalized spacial score (nSPS) is 24.5. The van der Waals surface area contributed by atoms with E-state index in [-0.39, 0.29) is 101 Å². The summed E-state index contributed by atoms with van der Waals surface area (Å²) >= 11 is 0. The number of methoxy groups -OCH3 is 2. The third-order valence-electron chi connectivity index (χ3n) is 11.1. The van der Waals surface area contributed by atoms with Gasteiger partial charge in [0.05, 0.1) is 31.5 Å². The topological polar surface area (TPSA) is 336 Å². The van der Waals surface area contributed by atoms with E-state index in [1.54, 1.807) is 14.2 Å². The van der Waals surface area contributed by atoms with Gasteiger partial charge in [0.25, 0.3) is 0 Å². The minimum atomic E-state index is -1.79. The number of rotatable bonds is 34. The molecule has 2 fully saturated rings. The second kappa shape index (κ2) is 34.7. The molecule has 2 heterocycles. The number of carbonyl (C=O) groups is 4. The summed E-state index contributed by atoms with van der Waals surface area (Å²) in [4.78, 5) is 53.3. The van der Waals surface area contributed by atoms with Gasteiger partial charge in [0.2, 0.25) is 23.6 Å². The van der Waals surface area contributed by atoms with Crippen molar-refractivity contribution in [3.63, 3.8) is 0 Å². The first-order valence-electron chi connectivity index (χ1n) is 22.2. The van der Waals surface area contributed by atoms with E-state index in [0.717, 1.165) is 6.42 Å². The fourth-order valence-electron chi connectivity index (χ4n) is 7.26. The molecular weight excluding hydrogens is 925 g/mol. The molecule has 0 aliphatic carbocycles. The Balaban J connectivity index is 0.0000205. The number of hydrogen-bond acceptors (Lipinski definition) is 18. The molecule has 1 radical (unpaired) electrons. The number of likely N-dealkylation sites (tertiary alicyclic amines) is 1. The number of aliphatic hydroxyl groups excluding tert-OH is 9. The van der Waals surface area contributed by atoms with Crippen molar-refractivity contribution in [2.24, 2.45) is 0 Å². The van der Waals surface area contributed by atoms with Gasteiger partial charge in [-0.3, -0.25) is 19.2 Å². The zero-order chi connectivity index (χ0) is 46.7. The van der Waals surface area contributed by atoms with Gasteiger partial charge in [-0.25, -0.2) is 0 Å². The molecule has 9 unspecified atom stereocenters. The van der Waals surface area contributed by atoms with Crippen LogP contribution >= 0.6 is 0 Å². The molecule has 0 spiro atoms. The first-order chi connectivity index (χ1) is 30.2. The zero-order valence-electron chi connectivity index (χ0n) is 37.4. The predicted molar refractivity (Wildman–Crippen MR) is 222 cm³/mol. The Bertz CT molecular complexity index is 1300. The Morgan fingerprint density at radius 1 is 0.750 bits per heavy atom. The summed E-state index contributed by atoms with van der Waals surface area (Å²) in [5.41, 5.74) is 0. The van der Waals surface area contributed by atoms with Gasteiger partial charge in [-0.05, 0) is 70.6 Å². The molecule has 23 heteroatoms. The number of aliphatic hydroxyl groups is 9. The van der Waals surface area contributed by atoms with Crippen LogP contribution in [0.3, 0.4) is 0 Å². The van der Waals surface area contributed by atoms with E-state index < -0.39 is 74.6 Å². The van der Waals surface area contributed by atoms with Crippen LogP contribution in [0, 0.1) is 0 Å². The minimum absolute atomic E-state index is 0. The summed E-state index contributed by atoms with van der Waals surface area (Å²) in [7, 11) is 3.23. The molecule has 371 valence electrons. The van der Waals surface area contributed by atoms with Crippen LogP contribution in [0.4, 0.5) is 0 Å². The van der Waals surface area contributed by atoms with E-state index in [9.17, 15) is 60.0 Å². The standard InChI is InChI=1S/C41H76N4O18.Y/c1-59-25-26-22-27(60-2)23-45(26)33(51)15-4-3-8-18-43-39(57)28(44-32(50)14-7-11-21-62-41-38(56)36(54)35(53)30(24-47)63-41)12-5-9-17-42-31(49)13-6-10-20-61-40(58)37(55)34(52)29(48)16-19-46;/h26-30,34-38,40-41,46-48,52-56,58H,3-25H2,1-2H3,(H,42,49)(H,43,57)(H,44,50);/t26-,27+,28-,29?,30?,34?,35?,36?,37?,38?,40?,41?;/m0./s1. The molecule has 64 heavy (non-hydrogen) atoms. The van der Waals surface area contributed by atoms with Crippen LogP contribution in [-0.4, -0.2) is 215 Å². The van der Waals surface area contributed by atoms with Crippen LogP contribution in [0.1, 0.15) is 96.3 Å². The predicted octanol–water partition coefficient (Wildman–Crippen LogP) is -3.35. The van der Waals surface area contributed by atoms with Gasteiger partial charge in [-0.1, -0.05) is 6.42 Å². The number of nitrogens with zero attached hydrogens (tertiary/aromatic N) is 1. The van der Waals surface area contributed by atoms with Crippen LogP contribution < -0.4 is 16.0 Å². The minimum Gasteiger partial charge on any atom is -0.396 e. The monoisotopic (exact) mass is 1000 g/mol. The number of nitrogens with one attached hydrogen (secondary N) is 3. The average Bonchev–Trinajstić information content (AvgIpc) is 3.69. The van der Waals surface area contributed by atoms with Gasteiger partial charge in [0.15, 0.2) is 12.6 Å². The van der Waals surface area contributed by atoms with Crippen molar-refractivity contribution >= 4 is 23.6 Å². The van der Waals surface area contributed by atoms with E-state index >= 15 is 0 Å². The molecular formula is C41H76N4O18Y. The van der Waals surface area contributed by atoms with Gasteiger partial charge in [0, 0.05) is 106 Å². The number of carbonyl (C=O) groups excluding carboxylic acids is 4. The number of ether oxygens (including phenoxy) is 5. The zero-order valence-corrected chi connectivity index (χ0v) is 40.3. The summed E-state index contributed by atoms with van der Waals surface area (Å²) in [6.07, 6.45) is -7.90. The molecule has 2 aliphatic heterocycles. The van der Waals surface area contributed by atoms with Gasteiger partial charge in [0.1, 0.15) is 42.7 Å². The van der Waals surface area contributed by atoms with Gasteiger partial charge in [-0.2, -0.15) is 0 Å². The molecule has 12 N–H and O–H groups in total. The molecule has 0 aromatic carbocycles. The van der Waals surface area contributed by atoms with Crippen molar-refractivity contribution in [3.05, 3.63) is 0 Å². The fraction of sp³-hybridized carbons (Fsp3) is 0.902. The Labute approximate surface area is 400 Å². The van der Waals surface area contributed by atoms with Crippen LogP contribution in [0.15, 0.2) is 0 Å². The maximum absolute atomic E-state index is 13.3. The maximum Gasteiger partial charge on any atom is 0.242 e. The molecule has 0 aromatic rings. The Kier molecular flexibility index (Phi) is 32.7. The van der Waals surface area contributed by atoms with Crippen LogP contribution in [0.2, 0.25) is 0 Å². The van der Waals surface area contributed by atoms with E-state index in [1.165, 1.54) is 0 Å².